The monoisotopic (exact) mass is 279 g/mol. The SMILES string of the molecule is Cc1cccc(-c2noc(Cc3ccccc3CN)n2)c1. The molecule has 0 atom stereocenters. The highest BCUT2D eigenvalue weighted by molar-refractivity contribution is 5.55. The summed E-state index contributed by atoms with van der Waals surface area (Å²) >= 11 is 0. The summed E-state index contributed by atoms with van der Waals surface area (Å²) in [5.74, 6) is 1.23. The van der Waals surface area contributed by atoms with E-state index >= 15 is 0 Å². The molecule has 4 heteroatoms. The van der Waals surface area contributed by atoms with Crippen molar-refractivity contribution in [2.24, 2.45) is 5.73 Å². The zero-order valence-electron chi connectivity index (χ0n) is 11.9. The molecule has 0 aliphatic carbocycles. The Morgan fingerprint density at radius 1 is 1.05 bits per heavy atom. The standard InChI is InChI=1S/C17H17N3O/c1-12-5-4-8-14(9-12)17-19-16(21-20-17)10-13-6-2-3-7-15(13)11-18/h2-9H,10-11,18H2,1H3. The van der Waals surface area contributed by atoms with E-state index < -0.39 is 0 Å². The molecule has 0 saturated heterocycles. The molecule has 4 nitrogen and oxygen atoms in total. The molecule has 0 fully saturated rings. The molecule has 3 aromatic rings. The minimum Gasteiger partial charge on any atom is -0.339 e. The van der Waals surface area contributed by atoms with Crippen molar-refractivity contribution in [3.63, 3.8) is 0 Å². The molecule has 3 rings (SSSR count). The molecule has 21 heavy (non-hydrogen) atoms. The van der Waals surface area contributed by atoms with Crippen LogP contribution in [0.15, 0.2) is 53.1 Å². The molecule has 0 spiro atoms. The fraction of sp³-hybridized carbons (Fsp3) is 0.176. The minimum absolute atomic E-state index is 0.509. The average Bonchev–Trinajstić information content (AvgIpc) is 2.96. The molecule has 1 aromatic heterocycles. The Labute approximate surface area is 123 Å². The summed E-state index contributed by atoms with van der Waals surface area (Å²) in [7, 11) is 0. The number of benzene rings is 2. The fourth-order valence-corrected chi connectivity index (χ4v) is 2.32. The van der Waals surface area contributed by atoms with Crippen LogP contribution < -0.4 is 5.73 Å². The van der Waals surface area contributed by atoms with E-state index in [0.717, 1.165) is 16.7 Å². The number of aryl methyl sites for hydroxylation is 1. The van der Waals surface area contributed by atoms with Gasteiger partial charge in [-0.2, -0.15) is 4.98 Å². The molecule has 0 unspecified atom stereocenters. The van der Waals surface area contributed by atoms with E-state index in [-0.39, 0.29) is 0 Å². The van der Waals surface area contributed by atoms with Crippen LogP contribution in [0.3, 0.4) is 0 Å². The van der Waals surface area contributed by atoms with Crippen LogP contribution in [0.1, 0.15) is 22.6 Å². The van der Waals surface area contributed by atoms with Crippen LogP contribution >= 0.6 is 0 Å². The van der Waals surface area contributed by atoms with E-state index in [1.54, 1.807) is 0 Å². The summed E-state index contributed by atoms with van der Waals surface area (Å²) in [5, 5.41) is 4.06. The van der Waals surface area contributed by atoms with Gasteiger partial charge < -0.3 is 10.3 Å². The third kappa shape index (κ3) is 3.01. The number of nitrogens with zero attached hydrogens (tertiary/aromatic N) is 2. The van der Waals surface area contributed by atoms with Gasteiger partial charge in [-0.15, -0.1) is 0 Å². The van der Waals surface area contributed by atoms with Crippen LogP contribution in [0.4, 0.5) is 0 Å². The maximum Gasteiger partial charge on any atom is 0.231 e. The van der Waals surface area contributed by atoms with E-state index in [0.29, 0.717) is 24.7 Å². The minimum atomic E-state index is 0.509. The number of hydrogen-bond donors (Lipinski definition) is 1. The van der Waals surface area contributed by atoms with Crippen LogP contribution in [-0.2, 0) is 13.0 Å². The van der Waals surface area contributed by atoms with Crippen LogP contribution in [0, 0.1) is 6.92 Å². The van der Waals surface area contributed by atoms with Crippen molar-refractivity contribution in [1.29, 1.82) is 0 Å². The van der Waals surface area contributed by atoms with E-state index in [9.17, 15) is 0 Å². The van der Waals surface area contributed by atoms with Crippen molar-refractivity contribution in [3.05, 3.63) is 71.1 Å². The normalized spacial score (nSPS) is 10.8. The average molecular weight is 279 g/mol. The lowest BCUT2D eigenvalue weighted by Gasteiger charge is -2.03. The van der Waals surface area contributed by atoms with Gasteiger partial charge in [-0.1, -0.05) is 53.2 Å². The second-order valence-electron chi connectivity index (χ2n) is 5.03. The maximum atomic E-state index is 5.75. The molecule has 106 valence electrons. The lowest BCUT2D eigenvalue weighted by molar-refractivity contribution is 0.385. The predicted octanol–water partition coefficient (Wildman–Crippen LogP) is 3.09. The van der Waals surface area contributed by atoms with Crippen molar-refractivity contribution >= 4 is 0 Å². The molecule has 2 aromatic carbocycles. The predicted molar refractivity (Wildman–Crippen MR) is 81.6 cm³/mol. The van der Waals surface area contributed by atoms with E-state index in [4.69, 9.17) is 10.3 Å². The lowest BCUT2D eigenvalue weighted by atomic mass is 10.0. The van der Waals surface area contributed by atoms with E-state index in [2.05, 4.69) is 10.1 Å². The van der Waals surface area contributed by atoms with Crippen LogP contribution in [0.2, 0.25) is 0 Å². The molecule has 0 aliphatic rings. The summed E-state index contributed by atoms with van der Waals surface area (Å²) < 4.78 is 5.36. The first kappa shape index (κ1) is 13.5. The highest BCUT2D eigenvalue weighted by atomic mass is 16.5. The molecule has 0 radical (unpaired) electrons. The molecular weight excluding hydrogens is 262 g/mol. The number of hydrogen-bond acceptors (Lipinski definition) is 4. The third-order valence-corrected chi connectivity index (χ3v) is 3.42. The Morgan fingerprint density at radius 3 is 2.62 bits per heavy atom. The molecule has 0 saturated carbocycles. The third-order valence-electron chi connectivity index (χ3n) is 3.42. The van der Waals surface area contributed by atoms with Crippen molar-refractivity contribution in [2.75, 3.05) is 0 Å². The molecule has 0 bridgehead atoms. The largest absolute Gasteiger partial charge is 0.339 e. The summed E-state index contributed by atoms with van der Waals surface area (Å²) in [6.07, 6.45) is 0.603. The van der Waals surface area contributed by atoms with Crippen molar-refractivity contribution in [3.8, 4) is 11.4 Å². The van der Waals surface area contributed by atoms with Crippen molar-refractivity contribution in [1.82, 2.24) is 10.1 Å². The van der Waals surface area contributed by atoms with Gasteiger partial charge in [0.15, 0.2) is 0 Å². The number of aromatic nitrogens is 2. The van der Waals surface area contributed by atoms with Gasteiger partial charge in [0.2, 0.25) is 11.7 Å². The molecular formula is C17H17N3O. The first-order chi connectivity index (χ1) is 10.3. The van der Waals surface area contributed by atoms with Crippen LogP contribution in [-0.4, -0.2) is 10.1 Å². The molecule has 1 heterocycles. The highest BCUT2D eigenvalue weighted by Crippen LogP contribution is 2.19. The van der Waals surface area contributed by atoms with Crippen LogP contribution in [0.25, 0.3) is 11.4 Å². The highest BCUT2D eigenvalue weighted by Gasteiger charge is 2.10. The van der Waals surface area contributed by atoms with Crippen molar-refractivity contribution < 1.29 is 4.52 Å². The van der Waals surface area contributed by atoms with Gasteiger partial charge in [-0.25, -0.2) is 0 Å². The first-order valence-electron chi connectivity index (χ1n) is 6.93. The second-order valence-corrected chi connectivity index (χ2v) is 5.03. The fourth-order valence-electron chi connectivity index (χ4n) is 2.32. The summed E-state index contributed by atoms with van der Waals surface area (Å²) in [6.45, 7) is 2.55. The van der Waals surface area contributed by atoms with Crippen LogP contribution in [0.5, 0.6) is 0 Å². The van der Waals surface area contributed by atoms with Gasteiger partial charge in [-0.3, -0.25) is 0 Å². The quantitative estimate of drug-likeness (QED) is 0.797. The Morgan fingerprint density at radius 2 is 1.86 bits per heavy atom. The van der Waals surface area contributed by atoms with Crippen molar-refractivity contribution in [2.45, 2.75) is 19.9 Å². The topological polar surface area (TPSA) is 64.9 Å². The van der Waals surface area contributed by atoms with Gasteiger partial charge in [-0.05, 0) is 24.1 Å². The number of nitrogens with two attached hydrogens (primary N) is 1. The summed E-state index contributed by atoms with van der Waals surface area (Å²) in [5.41, 5.74) is 10.1. The van der Waals surface area contributed by atoms with Gasteiger partial charge in [0.05, 0.1) is 6.42 Å². The maximum absolute atomic E-state index is 5.75. The van der Waals surface area contributed by atoms with E-state index in [1.807, 2.05) is 55.5 Å². The summed E-state index contributed by atoms with van der Waals surface area (Å²) in [6, 6.07) is 16.1. The van der Waals surface area contributed by atoms with Gasteiger partial charge in [0.1, 0.15) is 0 Å². The Kier molecular flexibility index (Phi) is 3.79. The van der Waals surface area contributed by atoms with Gasteiger partial charge >= 0.3 is 0 Å². The first-order valence-corrected chi connectivity index (χ1v) is 6.93. The molecule has 2 N–H and O–H groups in total. The zero-order chi connectivity index (χ0) is 14.7. The zero-order valence-corrected chi connectivity index (χ0v) is 11.9. The Balaban J connectivity index is 1.85. The Hall–Kier alpha value is -2.46. The summed E-state index contributed by atoms with van der Waals surface area (Å²) in [4.78, 5) is 4.47. The van der Waals surface area contributed by atoms with Gasteiger partial charge in [0.25, 0.3) is 0 Å². The van der Waals surface area contributed by atoms with E-state index in [1.165, 1.54) is 5.56 Å². The Bertz CT molecular complexity index is 749. The smallest absolute Gasteiger partial charge is 0.231 e. The van der Waals surface area contributed by atoms with Gasteiger partial charge in [0, 0.05) is 12.1 Å². The molecule has 0 aliphatic heterocycles. The lowest BCUT2D eigenvalue weighted by Crippen LogP contribution is -2.02. The number of rotatable bonds is 4. The molecule has 0 amide bonds. The second kappa shape index (κ2) is 5.89.